The first kappa shape index (κ1) is 23.7. The predicted octanol–water partition coefficient (Wildman–Crippen LogP) is 3.66. The van der Waals surface area contributed by atoms with E-state index in [1.807, 2.05) is 36.4 Å². The van der Waals surface area contributed by atoms with E-state index in [1.165, 1.54) is 4.31 Å². The number of para-hydroxylation sites is 1. The van der Waals surface area contributed by atoms with Gasteiger partial charge in [-0.05, 0) is 54.8 Å². The van der Waals surface area contributed by atoms with Gasteiger partial charge in [-0.3, -0.25) is 9.59 Å². The Kier molecular flexibility index (Phi) is 7.40. The van der Waals surface area contributed by atoms with Crippen molar-refractivity contribution >= 4 is 27.5 Å². The van der Waals surface area contributed by atoms with Crippen LogP contribution in [0, 0.1) is 5.92 Å². The van der Waals surface area contributed by atoms with Crippen LogP contribution in [0.25, 0.3) is 0 Å². The molecule has 2 amide bonds. The van der Waals surface area contributed by atoms with E-state index in [0.717, 1.165) is 5.56 Å². The molecule has 34 heavy (non-hydrogen) atoms. The maximum absolute atomic E-state index is 12.8. The summed E-state index contributed by atoms with van der Waals surface area (Å²) < 4.78 is 27.0. The van der Waals surface area contributed by atoms with Crippen molar-refractivity contribution in [3.8, 4) is 0 Å². The zero-order valence-corrected chi connectivity index (χ0v) is 19.5. The van der Waals surface area contributed by atoms with Gasteiger partial charge in [0, 0.05) is 36.8 Å². The van der Waals surface area contributed by atoms with E-state index in [0.29, 0.717) is 43.7 Å². The van der Waals surface area contributed by atoms with Gasteiger partial charge in [-0.1, -0.05) is 48.5 Å². The summed E-state index contributed by atoms with van der Waals surface area (Å²) in [6.07, 6.45) is 0.939. The molecule has 7 nitrogen and oxygen atoms in total. The second-order valence-electron chi connectivity index (χ2n) is 8.23. The van der Waals surface area contributed by atoms with E-state index in [1.54, 1.807) is 48.5 Å². The first-order chi connectivity index (χ1) is 16.4. The lowest BCUT2D eigenvalue weighted by molar-refractivity contribution is -0.126. The lowest BCUT2D eigenvalue weighted by Crippen LogP contribution is -2.42. The van der Waals surface area contributed by atoms with Gasteiger partial charge in [-0.15, -0.1) is 0 Å². The van der Waals surface area contributed by atoms with E-state index in [9.17, 15) is 18.0 Å². The Balaban J connectivity index is 1.29. The van der Waals surface area contributed by atoms with Crippen molar-refractivity contribution < 1.29 is 18.0 Å². The van der Waals surface area contributed by atoms with Crippen molar-refractivity contribution in [3.63, 3.8) is 0 Å². The third kappa shape index (κ3) is 5.70. The number of nitrogens with zero attached hydrogens (tertiary/aromatic N) is 1. The van der Waals surface area contributed by atoms with Crippen LogP contribution in [0.3, 0.4) is 0 Å². The molecule has 0 aromatic heterocycles. The largest absolute Gasteiger partial charge is 0.352 e. The fourth-order valence-electron chi connectivity index (χ4n) is 3.98. The van der Waals surface area contributed by atoms with Gasteiger partial charge in [-0.2, -0.15) is 4.31 Å². The number of carbonyl (C=O) groups excluding carboxylic acids is 2. The molecule has 0 bridgehead atoms. The number of hydrogen-bond acceptors (Lipinski definition) is 4. The minimum atomic E-state index is -3.54. The highest BCUT2D eigenvalue weighted by molar-refractivity contribution is 7.89. The molecular formula is C26H27N3O4S. The molecule has 4 rings (SSSR count). The Morgan fingerprint density at radius 2 is 1.50 bits per heavy atom. The molecule has 3 aromatic carbocycles. The smallest absolute Gasteiger partial charge is 0.255 e. The molecule has 176 valence electrons. The van der Waals surface area contributed by atoms with E-state index < -0.39 is 10.0 Å². The number of hydrogen-bond donors (Lipinski definition) is 2. The molecule has 0 radical (unpaired) electrons. The number of sulfonamides is 1. The Labute approximate surface area is 199 Å². The quantitative estimate of drug-likeness (QED) is 0.543. The van der Waals surface area contributed by atoms with Gasteiger partial charge >= 0.3 is 0 Å². The fraction of sp³-hybridized carbons (Fsp3) is 0.231. The Morgan fingerprint density at radius 1 is 0.853 bits per heavy atom. The first-order valence-electron chi connectivity index (χ1n) is 11.2. The predicted molar refractivity (Wildman–Crippen MR) is 131 cm³/mol. The number of carbonyl (C=O) groups is 2. The summed E-state index contributed by atoms with van der Waals surface area (Å²) in [6, 6.07) is 24.7. The lowest BCUT2D eigenvalue weighted by Gasteiger charge is -2.30. The summed E-state index contributed by atoms with van der Waals surface area (Å²) in [5.41, 5.74) is 2.04. The molecule has 1 saturated heterocycles. The van der Waals surface area contributed by atoms with Gasteiger partial charge in [0.2, 0.25) is 15.9 Å². The Morgan fingerprint density at radius 3 is 2.18 bits per heavy atom. The summed E-state index contributed by atoms with van der Waals surface area (Å²) in [5.74, 6) is -0.561. The maximum atomic E-state index is 12.8. The zero-order chi connectivity index (χ0) is 24.0. The topological polar surface area (TPSA) is 95.6 Å². The van der Waals surface area contributed by atoms with Crippen molar-refractivity contribution in [1.29, 1.82) is 0 Å². The zero-order valence-electron chi connectivity index (χ0n) is 18.7. The first-order valence-corrected chi connectivity index (χ1v) is 12.7. The molecule has 0 saturated carbocycles. The minimum absolute atomic E-state index is 0.101. The van der Waals surface area contributed by atoms with Crippen molar-refractivity contribution in [2.45, 2.75) is 24.3 Å². The highest BCUT2D eigenvalue weighted by Gasteiger charge is 2.31. The molecule has 0 aliphatic carbocycles. The van der Waals surface area contributed by atoms with Crippen LogP contribution in [0.15, 0.2) is 89.8 Å². The van der Waals surface area contributed by atoms with Crippen molar-refractivity contribution in [2.24, 2.45) is 5.92 Å². The molecule has 8 heteroatoms. The van der Waals surface area contributed by atoms with E-state index in [2.05, 4.69) is 10.6 Å². The van der Waals surface area contributed by atoms with Crippen LogP contribution >= 0.6 is 0 Å². The lowest BCUT2D eigenvalue weighted by atomic mass is 9.97. The van der Waals surface area contributed by atoms with E-state index in [4.69, 9.17) is 0 Å². The van der Waals surface area contributed by atoms with E-state index >= 15 is 0 Å². The second kappa shape index (κ2) is 10.6. The number of anilines is 1. The standard InChI is InChI=1S/C26H27N3O4S/c30-25(21-14-16-29(17-15-21)34(32,33)24-12-5-2-6-13-24)27-19-20-8-7-9-22(18-20)26(31)28-23-10-3-1-4-11-23/h1-13,18,21H,14-17,19H2,(H,27,30)(H,28,31). The molecule has 3 aromatic rings. The number of piperidine rings is 1. The molecule has 0 unspecified atom stereocenters. The Bertz CT molecular complexity index is 1240. The summed E-state index contributed by atoms with van der Waals surface area (Å²) in [4.78, 5) is 25.5. The third-order valence-corrected chi connectivity index (χ3v) is 7.81. The average molecular weight is 478 g/mol. The summed E-state index contributed by atoms with van der Waals surface area (Å²) in [5, 5.41) is 5.78. The van der Waals surface area contributed by atoms with Crippen molar-refractivity contribution in [3.05, 3.63) is 96.1 Å². The third-order valence-electron chi connectivity index (χ3n) is 5.89. The maximum Gasteiger partial charge on any atom is 0.255 e. The van der Waals surface area contributed by atoms with E-state index in [-0.39, 0.29) is 22.6 Å². The number of benzene rings is 3. The second-order valence-corrected chi connectivity index (χ2v) is 10.2. The molecule has 0 spiro atoms. The monoisotopic (exact) mass is 477 g/mol. The fourth-order valence-corrected chi connectivity index (χ4v) is 5.47. The Hall–Kier alpha value is -3.49. The number of rotatable bonds is 7. The highest BCUT2D eigenvalue weighted by atomic mass is 32.2. The van der Waals surface area contributed by atoms with Crippen LogP contribution in [0.4, 0.5) is 5.69 Å². The number of nitrogens with one attached hydrogen (secondary N) is 2. The van der Waals surface area contributed by atoms with Gasteiger partial charge < -0.3 is 10.6 Å². The van der Waals surface area contributed by atoms with Gasteiger partial charge in [0.15, 0.2) is 0 Å². The van der Waals surface area contributed by atoms with Crippen LogP contribution in [-0.4, -0.2) is 37.6 Å². The SMILES string of the molecule is O=C(Nc1ccccc1)c1cccc(CNC(=O)C2CCN(S(=O)(=O)c3ccccc3)CC2)c1. The van der Waals surface area contributed by atoms with Crippen molar-refractivity contribution in [1.82, 2.24) is 9.62 Å². The van der Waals surface area contributed by atoms with Crippen molar-refractivity contribution in [2.75, 3.05) is 18.4 Å². The van der Waals surface area contributed by atoms with Gasteiger partial charge in [0.25, 0.3) is 5.91 Å². The molecular weight excluding hydrogens is 450 g/mol. The molecule has 1 fully saturated rings. The van der Waals surface area contributed by atoms with Crippen LogP contribution in [0.5, 0.6) is 0 Å². The minimum Gasteiger partial charge on any atom is -0.352 e. The van der Waals surface area contributed by atoms with Crippen LogP contribution in [0.1, 0.15) is 28.8 Å². The summed E-state index contributed by atoms with van der Waals surface area (Å²) >= 11 is 0. The summed E-state index contributed by atoms with van der Waals surface area (Å²) in [7, 11) is -3.54. The summed E-state index contributed by atoms with van der Waals surface area (Å²) in [6.45, 7) is 0.919. The van der Waals surface area contributed by atoms with Crippen LogP contribution in [0.2, 0.25) is 0 Å². The molecule has 1 aliphatic heterocycles. The number of amides is 2. The molecule has 1 aliphatic rings. The molecule has 2 N–H and O–H groups in total. The van der Waals surface area contributed by atoms with Gasteiger partial charge in [0.1, 0.15) is 0 Å². The van der Waals surface area contributed by atoms with Crippen LogP contribution in [-0.2, 0) is 21.4 Å². The highest BCUT2D eigenvalue weighted by Crippen LogP contribution is 2.24. The van der Waals surface area contributed by atoms with Crippen LogP contribution < -0.4 is 10.6 Å². The molecule has 1 heterocycles. The normalized spacial score (nSPS) is 14.9. The average Bonchev–Trinajstić information content (AvgIpc) is 2.88. The molecule has 0 atom stereocenters. The van der Waals surface area contributed by atoms with Gasteiger partial charge in [-0.25, -0.2) is 8.42 Å². The van der Waals surface area contributed by atoms with Gasteiger partial charge in [0.05, 0.1) is 4.90 Å².